The van der Waals surface area contributed by atoms with Crippen molar-refractivity contribution in [1.29, 1.82) is 0 Å². The molecule has 2 fully saturated rings. The van der Waals surface area contributed by atoms with Gasteiger partial charge in [-0.05, 0) is 46.1 Å². The Kier molecular flexibility index (Phi) is 2.30. The second-order valence-corrected chi connectivity index (χ2v) is 5.05. The molecular weight excluding hydrogens is 176 g/mol. The van der Waals surface area contributed by atoms with Gasteiger partial charge in [0.15, 0.2) is 0 Å². The molecule has 1 aliphatic heterocycles. The average Bonchev–Trinajstić information content (AvgIpc) is 2.90. The van der Waals surface area contributed by atoms with Crippen molar-refractivity contribution in [1.82, 2.24) is 10.2 Å². The summed E-state index contributed by atoms with van der Waals surface area (Å²) >= 11 is 0. The van der Waals surface area contributed by atoms with Crippen molar-refractivity contribution >= 4 is 5.91 Å². The fourth-order valence-corrected chi connectivity index (χ4v) is 2.53. The number of nitrogens with one attached hydrogen (secondary N) is 1. The number of nitrogens with zero attached hydrogens (tertiary/aromatic N) is 1. The third kappa shape index (κ3) is 1.44. The predicted molar refractivity (Wildman–Crippen MR) is 56.0 cm³/mol. The monoisotopic (exact) mass is 196 g/mol. The van der Waals surface area contributed by atoms with E-state index in [9.17, 15) is 4.79 Å². The van der Waals surface area contributed by atoms with Gasteiger partial charge in [-0.25, -0.2) is 0 Å². The van der Waals surface area contributed by atoms with Crippen LogP contribution < -0.4 is 5.32 Å². The molecule has 80 valence electrons. The Hall–Kier alpha value is -0.570. The van der Waals surface area contributed by atoms with Crippen molar-refractivity contribution in [2.45, 2.75) is 44.7 Å². The molecule has 1 saturated carbocycles. The van der Waals surface area contributed by atoms with Gasteiger partial charge in [0.1, 0.15) is 0 Å². The number of carbonyl (C=O) groups excluding carboxylic acids is 1. The Balaban J connectivity index is 2.08. The van der Waals surface area contributed by atoms with Crippen molar-refractivity contribution in [2.75, 3.05) is 13.6 Å². The molecule has 1 atom stereocenters. The van der Waals surface area contributed by atoms with Gasteiger partial charge >= 0.3 is 0 Å². The lowest BCUT2D eigenvalue weighted by Gasteiger charge is -2.36. The number of hydrogen-bond acceptors (Lipinski definition) is 2. The Morgan fingerprint density at radius 2 is 2.00 bits per heavy atom. The Bertz CT molecular complexity index is 246. The maximum Gasteiger partial charge on any atom is 0.240 e. The van der Waals surface area contributed by atoms with Crippen LogP contribution in [0.4, 0.5) is 0 Å². The third-order valence-corrected chi connectivity index (χ3v) is 3.83. The summed E-state index contributed by atoms with van der Waals surface area (Å²) in [7, 11) is 1.87. The van der Waals surface area contributed by atoms with Crippen molar-refractivity contribution in [3.8, 4) is 0 Å². The molecule has 0 spiro atoms. The number of amides is 1. The summed E-state index contributed by atoms with van der Waals surface area (Å²) in [6.07, 6.45) is 3.55. The standard InChI is InChI=1S/C11H20N2O/c1-11(2,8-4-5-8)13-7-6-9(12-3)10(13)14/h8-9,12H,4-7H2,1-3H3. The van der Waals surface area contributed by atoms with E-state index in [0.29, 0.717) is 5.91 Å². The molecule has 1 heterocycles. The first-order valence-corrected chi connectivity index (χ1v) is 5.56. The molecule has 3 heteroatoms. The van der Waals surface area contributed by atoms with Crippen LogP contribution in [0.25, 0.3) is 0 Å². The minimum absolute atomic E-state index is 0.0630. The van der Waals surface area contributed by atoms with Gasteiger partial charge in [0, 0.05) is 12.1 Å². The van der Waals surface area contributed by atoms with Crippen LogP contribution in [0.2, 0.25) is 0 Å². The highest BCUT2D eigenvalue weighted by Crippen LogP contribution is 2.44. The van der Waals surface area contributed by atoms with Gasteiger partial charge in [-0.15, -0.1) is 0 Å². The predicted octanol–water partition coefficient (Wildman–Crippen LogP) is 0.995. The molecule has 1 amide bonds. The number of carbonyl (C=O) groups is 1. The first kappa shape index (κ1) is 9.97. The normalized spacial score (nSPS) is 28.6. The Morgan fingerprint density at radius 1 is 1.36 bits per heavy atom. The van der Waals surface area contributed by atoms with Crippen LogP contribution in [0, 0.1) is 5.92 Å². The Labute approximate surface area is 85.8 Å². The average molecular weight is 196 g/mol. The second kappa shape index (κ2) is 3.23. The van der Waals surface area contributed by atoms with E-state index in [1.807, 2.05) is 7.05 Å². The summed E-state index contributed by atoms with van der Waals surface area (Å²) in [5, 5.41) is 3.08. The maximum atomic E-state index is 12.0. The molecule has 0 aromatic rings. The summed E-state index contributed by atoms with van der Waals surface area (Å²) in [6, 6.07) is 0.0630. The van der Waals surface area contributed by atoms with Crippen LogP contribution in [-0.4, -0.2) is 36.0 Å². The van der Waals surface area contributed by atoms with E-state index in [0.717, 1.165) is 18.9 Å². The molecule has 14 heavy (non-hydrogen) atoms. The first-order valence-electron chi connectivity index (χ1n) is 5.56. The molecule has 0 bridgehead atoms. The minimum Gasteiger partial charge on any atom is -0.336 e. The van der Waals surface area contributed by atoms with Gasteiger partial charge in [0.05, 0.1) is 6.04 Å². The lowest BCUT2D eigenvalue weighted by molar-refractivity contribution is -0.134. The minimum atomic E-state index is 0.0630. The van der Waals surface area contributed by atoms with Gasteiger partial charge in [0.2, 0.25) is 5.91 Å². The number of likely N-dealkylation sites (N-methyl/N-ethyl adjacent to an activating group) is 1. The molecule has 2 rings (SSSR count). The molecule has 1 N–H and O–H groups in total. The molecule has 3 nitrogen and oxygen atoms in total. The molecule has 2 aliphatic rings. The van der Waals surface area contributed by atoms with Crippen LogP contribution in [0.15, 0.2) is 0 Å². The fourth-order valence-electron chi connectivity index (χ4n) is 2.53. The summed E-state index contributed by atoms with van der Waals surface area (Å²) in [5.74, 6) is 1.03. The maximum absolute atomic E-state index is 12.0. The van der Waals surface area contributed by atoms with E-state index in [2.05, 4.69) is 24.1 Å². The summed E-state index contributed by atoms with van der Waals surface area (Å²) in [4.78, 5) is 14.1. The summed E-state index contributed by atoms with van der Waals surface area (Å²) < 4.78 is 0. The van der Waals surface area contributed by atoms with E-state index in [1.54, 1.807) is 0 Å². The lowest BCUT2D eigenvalue weighted by atomic mass is 9.96. The van der Waals surface area contributed by atoms with Crippen LogP contribution in [0.3, 0.4) is 0 Å². The van der Waals surface area contributed by atoms with E-state index in [1.165, 1.54) is 12.8 Å². The van der Waals surface area contributed by atoms with Gasteiger partial charge in [-0.1, -0.05) is 0 Å². The van der Waals surface area contributed by atoms with E-state index in [4.69, 9.17) is 0 Å². The quantitative estimate of drug-likeness (QED) is 0.730. The molecule has 1 unspecified atom stereocenters. The second-order valence-electron chi connectivity index (χ2n) is 5.05. The van der Waals surface area contributed by atoms with Crippen molar-refractivity contribution in [3.05, 3.63) is 0 Å². The molecule has 0 aromatic carbocycles. The van der Waals surface area contributed by atoms with E-state index >= 15 is 0 Å². The van der Waals surface area contributed by atoms with E-state index < -0.39 is 0 Å². The lowest BCUT2D eigenvalue weighted by Crippen LogP contribution is -2.49. The zero-order chi connectivity index (χ0) is 10.3. The summed E-state index contributed by atoms with van der Waals surface area (Å²) in [6.45, 7) is 5.34. The molecular formula is C11H20N2O. The van der Waals surface area contributed by atoms with Crippen molar-refractivity contribution in [2.24, 2.45) is 5.92 Å². The van der Waals surface area contributed by atoms with Crippen molar-refractivity contribution in [3.63, 3.8) is 0 Å². The van der Waals surface area contributed by atoms with Gasteiger partial charge < -0.3 is 10.2 Å². The Morgan fingerprint density at radius 3 is 2.43 bits per heavy atom. The smallest absolute Gasteiger partial charge is 0.240 e. The van der Waals surface area contributed by atoms with Gasteiger partial charge in [0.25, 0.3) is 0 Å². The molecule has 0 aromatic heterocycles. The SMILES string of the molecule is CNC1CCN(C(C)(C)C2CC2)C1=O. The third-order valence-electron chi connectivity index (χ3n) is 3.83. The zero-order valence-corrected chi connectivity index (χ0v) is 9.34. The van der Waals surface area contributed by atoms with Crippen molar-refractivity contribution < 1.29 is 4.79 Å². The van der Waals surface area contributed by atoms with Crippen LogP contribution in [-0.2, 0) is 4.79 Å². The number of rotatable bonds is 3. The fraction of sp³-hybridized carbons (Fsp3) is 0.909. The van der Waals surface area contributed by atoms with Crippen LogP contribution in [0.5, 0.6) is 0 Å². The highest BCUT2D eigenvalue weighted by atomic mass is 16.2. The van der Waals surface area contributed by atoms with Gasteiger partial charge in [-0.2, -0.15) is 0 Å². The van der Waals surface area contributed by atoms with E-state index in [-0.39, 0.29) is 11.6 Å². The topological polar surface area (TPSA) is 32.3 Å². The van der Waals surface area contributed by atoms with Gasteiger partial charge in [-0.3, -0.25) is 4.79 Å². The molecule has 0 radical (unpaired) electrons. The van der Waals surface area contributed by atoms with Crippen LogP contribution >= 0.6 is 0 Å². The molecule has 1 saturated heterocycles. The highest BCUT2D eigenvalue weighted by molar-refractivity contribution is 5.84. The molecule has 1 aliphatic carbocycles. The highest BCUT2D eigenvalue weighted by Gasteiger charge is 2.47. The number of hydrogen-bond donors (Lipinski definition) is 1. The number of likely N-dealkylation sites (tertiary alicyclic amines) is 1. The summed E-state index contributed by atoms with van der Waals surface area (Å²) in [5.41, 5.74) is 0.0860. The zero-order valence-electron chi connectivity index (χ0n) is 9.34. The van der Waals surface area contributed by atoms with Crippen LogP contribution in [0.1, 0.15) is 33.1 Å². The largest absolute Gasteiger partial charge is 0.336 e. The first-order chi connectivity index (χ1) is 6.57.